The van der Waals surface area contributed by atoms with E-state index in [0.717, 1.165) is 24.3 Å². The number of halogens is 5. The maximum Gasteiger partial charge on any atom is 0.417 e. The second-order valence-corrected chi connectivity index (χ2v) is 7.53. The monoisotopic (exact) mass is 449 g/mol. The Morgan fingerprint density at radius 1 is 1.00 bits per heavy atom. The zero-order chi connectivity index (χ0) is 22.3. The topological polar surface area (TPSA) is 68.0 Å². The molecule has 3 N–H and O–H groups in total. The van der Waals surface area contributed by atoms with Crippen molar-refractivity contribution < 1.29 is 26.7 Å². The van der Waals surface area contributed by atoms with Gasteiger partial charge in [0, 0.05) is 22.7 Å². The molecule has 4 nitrogen and oxygen atoms in total. The normalized spacial score (nSPS) is 11.6. The van der Waals surface area contributed by atoms with Crippen LogP contribution in [0, 0.1) is 11.6 Å². The van der Waals surface area contributed by atoms with Crippen LogP contribution in [0.15, 0.2) is 54.6 Å². The molecule has 0 saturated carbocycles. The van der Waals surface area contributed by atoms with E-state index in [4.69, 9.17) is 5.73 Å². The molecule has 0 aliphatic rings. The van der Waals surface area contributed by atoms with Gasteiger partial charge < -0.3 is 11.1 Å². The molecule has 2 heterocycles. The molecule has 0 fully saturated rings. The van der Waals surface area contributed by atoms with E-state index in [1.807, 2.05) is 0 Å². The van der Waals surface area contributed by atoms with Crippen molar-refractivity contribution in [2.45, 2.75) is 6.18 Å². The van der Waals surface area contributed by atoms with Crippen LogP contribution in [-0.4, -0.2) is 10.9 Å². The third-order valence-corrected chi connectivity index (χ3v) is 5.56. The number of amides is 1. The van der Waals surface area contributed by atoms with Gasteiger partial charge in [0.2, 0.25) is 0 Å². The van der Waals surface area contributed by atoms with Gasteiger partial charge in [-0.25, -0.2) is 13.8 Å². The summed E-state index contributed by atoms with van der Waals surface area (Å²) in [5, 5.41) is 1.93. The molecule has 0 bridgehead atoms. The van der Waals surface area contributed by atoms with Crippen LogP contribution in [0.2, 0.25) is 0 Å². The second kappa shape index (κ2) is 7.62. The van der Waals surface area contributed by atoms with E-state index in [2.05, 4.69) is 10.3 Å². The molecule has 2 aromatic carbocycles. The summed E-state index contributed by atoms with van der Waals surface area (Å²) >= 11 is 0.682. The van der Waals surface area contributed by atoms with E-state index in [9.17, 15) is 26.7 Å². The standard InChI is InChI=1S/C21H12F5N3OS/c22-13-7-6-11(8-14(13)23)28-19(30)18-17(27)16-12(21(24,25)26)9-15(29-20(16)31-18)10-4-2-1-3-5-10/h1-9H,27H2,(H,28,30). The molecule has 4 aromatic rings. The maximum atomic E-state index is 13.8. The molecule has 1 amide bonds. The highest BCUT2D eigenvalue weighted by atomic mass is 32.1. The third-order valence-electron chi connectivity index (χ3n) is 4.46. The molecule has 2 aromatic heterocycles. The number of hydrogen-bond donors (Lipinski definition) is 2. The number of carbonyl (C=O) groups excluding carboxylic acids is 1. The fourth-order valence-electron chi connectivity index (χ4n) is 3.03. The largest absolute Gasteiger partial charge is 0.417 e. The summed E-state index contributed by atoms with van der Waals surface area (Å²) in [7, 11) is 0. The molecule has 31 heavy (non-hydrogen) atoms. The molecule has 0 atom stereocenters. The predicted molar refractivity (Wildman–Crippen MR) is 109 cm³/mol. The number of nitrogens with one attached hydrogen (secondary N) is 1. The van der Waals surface area contributed by atoms with E-state index < -0.39 is 29.3 Å². The number of alkyl halides is 3. The number of hydrogen-bond acceptors (Lipinski definition) is 4. The SMILES string of the molecule is Nc1c(C(=O)Nc2ccc(F)c(F)c2)sc2nc(-c3ccccc3)cc(C(F)(F)F)c12. The summed E-state index contributed by atoms with van der Waals surface area (Å²) in [5.41, 5.74) is 4.97. The van der Waals surface area contributed by atoms with Gasteiger partial charge in [0.25, 0.3) is 5.91 Å². The number of aromatic nitrogens is 1. The van der Waals surface area contributed by atoms with E-state index in [-0.39, 0.29) is 32.2 Å². The summed E-state index contributed by atoms with van der Waals surface area (Å²) in [6, 6.07) is 11.8. The molecule has 4 rings (SSSR count). The number of carbonyl (C=O) groups is 1. The highest BCUT2D eigenvalue weighted by Gasteiger charge is 2.36. The molecule has 0 aliphatic heterocycles. The van der Waals surface area contributed by atoms with Crippen LogP contribution in [-0.2, 0) is 6.18 Å². The van der Waals surface area contributed by atoms with Crippen molar-refractivity contribution in [2.24, 2.45) is 0 Å². The summed E-state index contributed by atoms with van der Waals surface area (Å²) in [4.78, 5) is 16.6. The summed E-state index contributed by atoms with van der Waals surface area (Å²) < 4.78 is 67.8. The molecule has 158 valence electrons. The highest BCUT2D eigenvalue weighted by molar-refractivity contribution is 7.21. The quantitative estimate of drug-likeness (QED) is 0.372. The molecule has 0 unspecified atom stereocenters. The van der Waals surface area contributed by atoms with Crippen LogP contribution >= 0.6 is 11.3 Å². The number of rotatable bonds is 3. The molecule has 0 aliphatic carbocycles. The van der Waals surface area contributed by atoms with E-state index in [0.29, 0.717) is 16.9 Å². The molecule has 0 spiro atoms. The van der Waals surface area contributed by atoms with Crippen LogP contribution in [0.1, 0.15) is 15.2 Å². The number of nitrogens with zero attached hydrogens (tertiary/aromatic N) is 1. The van der Waals surface area contributed by atoms with Gasteiger partial charge >= 0.3 is 6.18 Å². The predicted octanol–water partition coefficient (Wildman–Crippen LogP) is 6.09. The van der Waals surface area contributed by atoms with Gasteiger partial charge in [-0.2, -0.15) is 13.2 Å². The van der Waals surface area contributed by atoms with Crippen molar-refractivity contribution in [2.75, 3.05) is 11.1 Å². The Bertz CT molecular complexity index is 1300. The Hall–Kier alpha value is -3.53. The maximum absolute atomic E-state index is 13.8. The fourth-order valence-corrected chi connectivity index (χ4v) is 4.05. The van der Waals surface area contributed by atoms with Gasteiger partial charge in [0.05, 0.1) is 16.9 Å². The van der Waals surface area contributed by atoms with Crippen molar-refractivity contribution >= 4 is 38.8 Å². The van der Waals surface area contributed by atoms with E-state index >= 15 is 0 Å². The number of nitrogen functional groups attached to an aromatic ring is 1. The Kier molecular flexibility index (Phi) is 5.10. The highest BCUT2D eigenvalue weighted by Crippen LogP contribution is 2.43. The lowest BCUT2D eigenvalue weighted by Gasteiger charge is -2.11. The lowest BCUT2D eigenvalue weighted by atomic mass is 10.1. The van der Waals surface area contributed by atoms with E-state index in [1.54, 1.807) is 30.3 Å². The van der Waals surface area contributed by atoms with Gasteiger partial charge in [0.15, 0.2) is 11.6 Å². The first-order valence-corrected chi connectivity index (χ1v) is 9.59. The van der Waals surface area contributed by atoms with Gasteiger partial charge in [-0.1, -0.05) is 30.3 Å². The average Bonchev–Trinajstić information content (AvgIpc) is 3.06. The van der Waals surface area contributed by atoms with Crippen molar-refractivity contribution in [3.05, 3.63) is 76.7 Å². The number of anilines is 2. The van der Waals surface area contributed by atoms with Crippen LogP contribution in [0.25, 0.3) is 21.5 Å². The first kappa shape index (κ1) is 20.7. The Balaban J connectivity index is 1.83. The van der Waals surface area contributed by atoms with Crippen molar-refractivity contribution in [3.8, 4) is 11.3 Å². The number of nitrogens with two attached hydrogens (primary N) is 1. The Morgan fingerprint density at radius 2 is 1.71 bits per heavy atom. The minimum Gasteiger partial charge on any atom is -0.397 e. The first-order valence-electron chi connectivity index (χ1n) is 8.77. The van der Waals surface area contributed by atoms with Crippen LogP contribution in [0.5, 0.6) is 0 Å². The zero-order valence-corrected chi connectivity index (χ0v) is 16.2. The number of benzene rings is 2. The zero-order valence-electron chi connectivity index (χ0n) is 15.4. The number of thiophene rings is 1. The summed E-state index contributed by atoms with van der Waals surface area (Å²) in [6.45, 7) is 0. The number of pyridine rings is 1. The molecular formula is C21H12F5N3OS. The Morgan fingerprint density at radius 3 is 2.35 bits per heavy atom. The minimum absolute atomic E-state index is 0.0679. The van der Waals surface area contributed by atoms with Crippen molar-refractivity contribution in [1.29, 1.82) is 0 Å². The number of fused-ring (bicyclic) bond motifs is 1. The molecular weight excluding hydrogens is 437 g/mol. The lowest BCUT2D eigenvalue weighted by Crippen LogP contribution is -2.13. The fraction of sp³-hybridized carbons (Fsp3) is 0.0476. The van der Waals surface area contributed by atoms with Crippen LogP contribution in [0.4, 0.5) is 33.3 Å². The third kappa shape index (κ3) is 3.93. The minimum atomic E-state index is -4.74. The van der Waals surface area contributed by atoms with E-state index in [1.165, 1.54) is 0 Å². The first-order chi connectivity index (χ1) is 14.6. The molecule has 0 saturated heterocycles. The second-order valence-electron chi connectivity index (χ2n) is 6.53. The van der Waals surface area contributed by atoms with Crippen LogP contribution < -0.4 is 11.1 Å². The summed E-state index contributed by atoms with van der Waals surface area (Å²) in [5.74, 6) is -3.15. The Labute approximate surface area is 176 Å². The van der Waals surface area contributed by atoms with Gasteiger partial charge in [0.1, 0.15) is 9.71 Å². The lowest BCUT2D eigenvalue weighted by molar-refractivity contribution is -0.136. The molecule has 10 heteroatoms. The van der Waals surface area contributed by atoms with Crippen molar-refractivity contribution in [3.63, 3.8) is 0 Å². The van der Waals surface area contributed by atoms with Gasteiger partial charge in [-0.15, -0.1) is 11.3 Å². The van der Waals surface area contributed by atoms with Gasteiger partial charge in [-0.3, -0.25) is 4.79 Å². The smallest absolute Gasteiger partial charge is 0.397 e. The summed E-state index contributed by atoms with van der Waals surface area (Å²) in [6.07, 6.45) is -4.74. The van der Waals surface area contributed by atoms with Crippen LogP contribution in [0.3, 0.4) is 0 Å². The van der Waals surface area contributed by atoms with Gasteiger partial charge in [-0.05, 0) is 18.2 Å². The molecule has 0 radical (unpaired) electrons. The van der Waals surface area contributed by atoms with Crippen molar-refractivity contribution in [1.82, 2.24) is 4.98 Å². The average molecular weight is 449 g/mol.